The highest BCUT2D eigenvalue weighted by molar-refractivity contribution is 5.72. The molecule has 0 aliphatic heterocycles. The quantitative estimate of drug-likeness (QED) is 0.642. The van der Waals surface area contributed by atoms with Crippen molar-refractivity contribution in [2.24, 2.45) is 0 Å². The molecule has 1 rings (SSSR count). The predicted octanol–water partition coefficient (Wildman–Crippen LogP) is 0.650. The molecule has 13 heavy (non-hydrogen) atoms. The summed E-state index contributed by atoms with van der Waals surface area (Å²) in [7, 11) is 1.60. The Hall–Kier alpha value is -1.52. The number of rotatable bonds is 0. The second kappa shape index (κ2) is 13.1. The third-order valence-electron chi connectivity index (χ3n) is 0.752. The molecule has 0 saturated heterocycles. The third-order valence-corrected chi connectivity index (χ3v) is 0.752. The highest BCUT2D eigenvalue weighted by Gasteiger charge is 1.72. The molecule has 0 atom stereocenters. The van der Waals surface area contributed by atoms with E-state index in [4.69, 9.17) is 0 Å². The fourth-order valence-corrected chi connectivity index (χ4v) is 0.205. The number of nitrogens with zero attached hydrogens (tertiary/aromatic N) is 3. The first-order valence-electron chi connectivity index (χ1n) is 4.00. The van der Waals surface area contributed by atoms with Gasteiger partial charge in [0.2, 0.25) is 5.91 Å². The highest BCUT2D eigenvalue weighted by Crippen LogP contribution is 1.57. The maximum Gasteiger partial charge on any atom is 0.216 e. The number of carbonyl (C=O) groups excluding carboxylic acids is 1. The molecular formula is C8H16N4O. The SMILES string of the molecule is CC.CNC(C)=O.c1ncncn1. The Bertz CT molecular complexity index is 164. The molecule has 0 fully saturated rings. The molecule has 0 unspecified atom stereocenters. The summed E-state index contributed by atoms with van der Waals surface area (Å²) in [6.07, 6.45) is 4.31. The maximum atomic E-state index is 9.70. The van der Waals surface area contributed by atoms with Crippen LogP contribution in [0, 0.1) is 0 Å². The molecule has 0 spiro atoms. The van der Waals surface area contributed by atoms with E-state index in [9.17, 15) is 4.79 Å². The van der Waals surface area contributed by atoms with E-state index in [2.05, 4.69) is 20.3 Å². The van der Waals surface area contributed by atoms with Crippen LogP contribution >= 0.6 is 0 Å². The van der Waals surface area contributed by atoms with Crippen LogP contribution in [0.5, 0.6) is 0 Å². The second-order valence-electron chi connectivity index (χ2n) is 1.60. The van der Waals surface area contributed by atoms with Gasteiger partial charge in [0.1, 0.15) is 19.0 Å². The summed E-state index contributed by atoms with van der Waals surface area (Å²) in [5.41, 5.74) is 0. The summed E-state index contributed by atoms with van der Waals surface area (Å²) in [5.74, 6) is 0.00463. The van der Waals surface area contributed by atoms with E-state index in [1.54, 1.807) is 7.05 Å². The van der Waals surface area contributed by atoms with Crippen LogP contribution in [0.1, 0.15) is 20.8 Å². The van der Waals surface area contributed by atoms with Crippen molar-refractivity contribution in [3.05, 3.63) is 19.0 Å². The molecule has 0 radical (unpaired) electrons. The summed E-state index contributed by atoms with van der Waals surface area (Å²) in [6, 6.07) is 0. The molecule has 1 aromatic heterocycles. The lowest BCUT2D eigenvalue weighted by Crippen LogP contribution is -2.11. The van der Waals surface area contributed by atoms with E-state index in [0.717, 1.165) is 0 Å². The van der Waals surface area contributed by atoms with Crippen LogP contribution in [-0.4, -0.2) is 27.9 Å². The average Bonchev–Trinajstić information content (AvgIpc) is 2.24. The summed E-state index contributed by atoms with van der Waals surface area (Å²) in [5, 5.41) is 2.39. The zero-order valence-corrected chi connectivity index (χ0v) is 8.48. The zero-order chi connectivity index (χ0) is 10.5. The molecule has 0 aliphatic carbocycles. The lowest BCUT2D eigenvalue weighted by Gasteiger charge is -1.80. The summed E-state index contributed by atoms with van der Waals surface area (Å²) < 4.78 is 0. The van der Waals surface area contributed by atoms with Gasteiger partial charge >= 0.3 is 0 Å². The van der Waals surface area contributed by atoms with Crippen LogP contribution in [-0.2, 0) is 4.79 Å². The summed E-state index contributed by atoms with van der Waals surface area (Å²) in [4.78, 5) is 20.4. The Morgan fingerprint density at radius 2 is 1.31 bits per heavy atom. The van der Waals surface area contributed by atoms with Crippen molar-refractivity contribution in [2.45, 2.75) is 20.8 Å². The topological polar surface area (TPSA) is 67.8 Å². The first kappa shape index (κ1) is 14.0. The average molecular weight is 184 g/mol. The lowest BCUT2D eigenvalue weighted by molar-refractivity contribution is -0.118. The number of hydrogen-bond acceptors (Lipinski definition) is 4. The van der Waals surface area contributed by atoms with Crippen LogP contribution in [0.2, 0.25) is 0 Å². The van der Waals surface area contributed by atoms with Gasteiger partial charge in [-0.2, -0.15) is 0 Å². The summed E-state index contributed by atoms with van der Waals surface area (Å²) >= 11 is 0. The molecule has 0 aromatic carbocycles. The van der Waals surface area contributed by atoms with E-state index in [1.807, 2.05) is 13.8 Å². The van der Waals surface area contributed by atoms with Gasteiger partial charge in [-0.3, -0.25) is 4.79 Å². The van der Waals surface area contributed by atoms with Gasteiger partial charge in [-0.1, -0.05) is 13.8 Å². The van der Waals surface area contributed by atoms with Crippen molar-refractivity contribution in [3.8, 4) is 0 Å². The molecule has 74 valence electrons. The lowest BCUT2D eigenvalue weighted by atomic mass is 10.7. The van der Waals surface area contributed by atoms with E-state index < -0.39 is 0 Å². The normalized spacial score (nSPS) is 6.77. The van der Waals surface area contributed by atoms with Crippen molar-refractivity contribution in [2.75, 3.05) is 7.05 Å². The Kier molecular flexibility index (Phi) is 14.1. The van der Waals surface area contributed by atoms with Crippen LogP contribution in [0.4, 0.5) is 0 Å². The van der Waals surface area contributed by atoms with Crippen molar-refractivity contribution < 1.29 is 4.79 Å². The smallest absolute Gasteiger partial charge is 0.216 e. The van der Waals surface area contributed by atoms with Gasteiger partial charge in [0.15, 0.2) is 0 Å². The van der Waals surface area contributed by atoms with Crippen molar-refractivity contribution in [3.63, 3.8) is 0 Å². The minimum Gasteiger partial charge on any atom is -0.359 e. The Labute approximate surface area is 78.6 Å². The summed E-state index contributed by atoms with van der Waals surface area (Å²) in [6.45, 7) is 5.47. The van der Waals surface area contributed by atoms with E-state index in [1.165, 1.54) is 25.9 Å². The molecule has 0 aliphatic rings. The molecular weight excluding hydrogens is 168 g/mol. The van der Waals surface area contributed by atoms with Crippen molar-refractivity contribution in [1.29, 1.82) is 0 Å². The fraction of sp³-hybridized carbons (Fsp3) is 0.500. The van der Waals surface area contributed by atoms with Gasteiger partial charge < -0.3 is 5.32 Å². The van der Waals surface area contributed by atoms with Crippen LogP contribution in [0.3, 0.4) is 0 Å². The largest absolute Gasteiger partial charge is 0.359 e. The molecule has 1 aromatic rings. The monoisotopic (exact) mass is 184 g/mol. The fourth-order valence-electron chi connectivity index (χ4n) is 0.205. The highest BCUT2D eigenvalue weighted by atomic mass is 16.1. The second-order valence-corrected chi connectivity index (χ2v) is 1.60. The standard InChI is InChI=1S/C3H3N3.C3H7NO.C2H6/c1-4-2-6-3-5-1;1-3(5)4-2;1-2/h1-3H;1-2H3,(H,4,5);1-2H3. The molecule has 1 amide bonds. The number of aromatic nitrogens is 3. The van der Waals surface area contributed by atoms with Gasteiger partial charge in [-0.15, -0.1) is 0 Å². The number of nitrogens with one attached hydrogen (secondary N) is 1. The molecule has 5 heteroatoms. The first-order chi connectivity index (χ1) is 6.27. The van der Waals surface area contributed by atoms with Crippen LogP contribution in [0.25, 0.3) is 0 Å². The molecule has 1 heterocycles. The minimum absolute atomic E-state index is 0.00463. The van der Waals surface area contributed by atoms with Crippen LogP contribution < -0.4 is 5.32 Å². The van der Waals surface area contributed by atoms with E-state index in [0.29, 0.717) is 0 Å². The third kappa shape index (κ3) is 17.9. The Balaban J connectivity index is 0. The van der Waals surface area contributed by atoms with Gasteiger partial charge in [0.05, 0.1) is 0 Å². The Morgan fingerprint density at radius 1 is 1.08 bits per heavy atom. The zero-order valence-electron chi connectivity index (χ0n) is 8.48. The van der Waals surface area contributed by atoms with Gasteiger partial charge in [0, 0.05) is 14.0 Å². The van der Waals surface area contributed by atoms with E-state index >= 15 is 0 Å². The van der Waals surface area contributed by atoms with Crippen molar-refractivity contribution in [1.82, 2.24) is 20.3 Å². The molecule has 0 saturated carbocycles. The first-order valence-corrected chi connectivity index (χ1v) is 4.00. The number of carbonyl (C=O) groups is 1. The van der Waals surface area contributed by atoms with Gasteiger partial charge in [-0.05, 0) is 0 Å². The number of hydrogen-bond donors (Lipinski definition) is 1. The van der Waals surface area contributed by atoms with Crippen molar-refractivity contribution >= 4 is 5.91 Å². The van der Waals surface area contributed by atoms with Crippen LogP contribution in [0.15, 0.2) is 19.0 Å². The molecule has 5 nitrogen and oxygen atoms in total. The minimum atomic E-state index is 0.00463. The maximum absolute atomic E-state index is 9.70. The molecule has 0 bridgehead atoms. The van der Waals surface area contributed by atoms with Gasteiger partial charge in [0.25, 0.3) is 0 Å². The van der Waals surface area contributed by atoms with Gasteiger partial charge in [-0.25, -0.2) is 15.0 Å². The van der Waals surface area contributed by atoms with E-state index in [-0.39, 0.29) is 5.91 Å². The Morgan fingerprint density at radius 3 is 1.38 bits per heavy atom. The molecule has 1 N–H and O–H groups in total. The predicted molar refractivity (Wildman–Crippen MR) is 50.9 cm³/mol. The number of amides is 1.